The minimum absolute atomic E-state index is 0.0213. The van der Waals surface area contributed by atoms with Crippen LogP contribution in [0.2, 0.25) is 0 Å². The molecule has 0 aliphatic heterocycles. The molecule has 0 heterocycles. The van der Waals surface area contributed by atoms with Crippen LogP contribution in [0.3, 0.4) is 0 Å². The largest absolute Gasteiger partial charge is 0.445 e. The van der Waals surface area contributed by atoms with Gasteiger partial charge in [-0.1, -0.05) is 30.3 Å². The van der Waals surface area contributed by atoms with Crippen LogP contribution in [0.1, 0.15) is 58.9 Å². The number of benzene rings is 1. The first-order valence-electron chi connectivity index (χ1n) is 10.7. The van der Waals surface area contributed by atoms with Gasteiger partial charge >= 0.3 is 12.2 Å². The van der Waals surface area contributed by atoms with Gasteiger partial charge < -0.3 is 24.4 Å². The molecule has 0 aromatic heterocycles. The molecule has 0 unspecified atom stereocenters. The standard InChI is InChI=1S/C23H36N2O5/c1-17(15-24(5)21(27)29-16-18-9-7-6-8-10-18)25(22(28)30-23(2,3)4)19-11-13-20(26)14-12-19/h6-10,17,19-20,26H,11-16H2,1-5H3/t17-,19?,20?/m0/s1. The highest BCUT2D eigenvalue weighted by atomic mass is 16.6. The molecule has 1 aromatic rings. The van der Waals surface area contributed by atoms with Gasteiger partial charge in [-0.15, -0.1) is 0 Å². The van der Waals surface area contributed by atoms with Crippen LogP contribution in [0.5, 0.6) is 0 Å². The SMILES string of the molecule is C[C@@H](CN(C)C(=O)OCc1ccccc1)N(C(=O)OC(C)(C)C)C1CCC(O)CC1. The van der Waals surface area contributed by atoms with Gasteiger partial charge in [0.15, 0.2) is 0 Å². The van der Waals surface area contributed by atoms with Gasteiger partial charge in [-0.3, -0.25) is 0 Å². The summed E-state index contributed by atoms with van der Waals surface area (Å²) in [4.78, 5) is 28.6. The average molecular weight is 421 g/mol. The summed E-state index contributed by atoms with van der Waals surface area (Å²) < 4.78 is 11.0. The number of carbonyl (C=O) groups is 2. The van der Waals surface area contributed by atoms with Crippen LogP contribution >= 0.6 is 0 Å². The third-order valence-electron chi connectivity index (χ3n) is 5.19. The number of hydrogen-bond acceptors (Lipinski definition) is 5. The van der Waals surface area contributed by atoms with E-state index in [-0.39, 0.29) is 30.9 Å². The maximum Gasteiger partial charge on any atom is 0.410 e. The Morgan fingerprint density at radius 2 is 1.70 bits per heavy atom. The second kappa shape index (κ2) is 10.7. The van der Waals surface area contributed by atoms with Gasteiger partial charge in [0.25, 0.3) is 0 Å². The van der Waals surface area contributed by atoms with Crippen molar-refractivity contribution in [2.75, 3.05) is 13.6 Å². The Balaban J connectivity index is 2.00. The summed E-state index contributed by atoms with van der Waals surface area (Å²) >= 11 is 0. The predicted molar refractivity (Wildman–Crippen MR) is 115 cm³/mol. The highest BCUT2D eigenvalue weighted by Gasteiger charge is 2.35. The van der Waals surface area contributed by atoms with Crippen LogP contribution in [-0.2, 0) is 16.1 Å². The first-order chi connectivity index (χ1) is 14.1. The summed E-state index contributed by atoms with van der Waals surface area (Å²) in [5, 5.41) is 9.84. The number of carbonyl (C=O) groups excluding carboxylic acids is 2. The van der Waals surface area contributed by atoms with Crippen LogP contribution in [0.25, 0.3) is 0 Å². The van der Waals surface area contributed by atoms with Gasteiger partial charge in [-0.2, -0.15) is 0 Å². The Bertz CT molecular complexity index is 681. The lowest BCUT2D eigenvalue weighted by molar-refractivity contribution is -0.00914. The minimum atomic E-state index is -0.607. The molecule has 2 rings (SSSR count). The molecule has 168 valence electrons. The number of amides is 2. The molecular weight excluding hydrogens is 384 g/mol. The van der Waals surface area contributed by atoms with E-state index in [0.29, 0.717) is 32.2 Å². The maximum absolute atomic E-state index is 12.9. The molecule has 1 aliphatic carbocycles. The number of hydrogen-bond donors (Lipinski definition) is 1. The molecule has 0 saturated heterocycles. The Morgan fingerprint density at radius 3 is 2.27 bits per heavy atom. The van der Waals surface area contributed by atoms with Crippen molar-refractivity contribution in [1.82, 2.24) is 9.80 Å². The van der Waals surface area contributed by atoms with E-state index in [1.165, 1.54) is 4.90 Å². The molecule has 2 amide bonds. The van der Waals surface area contributed by atoms with E-state index in [9.17, 15) is 14.7 Å². The van der Waals surface area contributed by atoms with Crippen LogP contribution in [0, 0.1) is 0 Å². The maximum atomic E-state index is 12.9. The summed E-state index contributed by atoms with van der Waals surface area (Å²) in [6.07, 6.45) is 1.61. The molecule has 1 atom stereocenters. The number of ether oxygens (including phenoxy) is 2. The third kappa shape index (κ3) is 7.52. The summed E-state index contributed by atoms with van der Waals surface area (Å²) in [5.41, 5.74) is 0.312. The number of rotatable bonds is 6. The average Bonchev–Trinajstić information content (AvgIpc) is 2.67. The first kappa shape index (κ1) is 24.0. The van der Waals surface area contributed by atoms with Crippen molar-refractivity contribution in [2.45, 2.75) is 83.8 Å². The lowest BCUT2D eigenvalue weighted by Crippen LogP contribution is -2.53. The van der Waals surface area contributed by atoms with E-state index in [4.69, 9.17) is 9.47 Å². The Labute approximate surface area is 179 Å². The van der Waals surface area contributed by atoms with Gasteiger partial charge in [0.1, 0.15) is 12.2 Å². The second-order valence-electron chi connectivity index (χ2n) is 9.12. The zero-order valence-electron chi connectivity index (χ0n) is 18.8. The summed E-state index contributed by atoms with van der Waals surface area (Å²) in [6, 6.07) is 9.23. The highest BCUT2D eigenvalue weighted by molar-refractivity contribution is 5.70. The van der Waals surface area contributed by atoms with Crippen molar-refractivity contribution in [3.8, 4) is 0 Å². The zero-order valence-corrected chi connectivity index (χ0v) is 18.8. The van der Waals surface area contributed by atoms with Gasteiger partial charge in [-0.25, -0.2) is 9.59 Å². The number of aliphatic hydroxyl groups is 1. The molecular formula is C23H36N2O5. The fraction of sp³-hybridized carbons (Fsp3) is 0.652. The number of nitrogens with zero attached hydrogens (tertiary/aromatic N) is 2. The smallest absolute Gasteiger partial charge is 0.410 e. The van der Waals surface area contributed by atoms with Crippen molar-refractivity contribution in [3.05, 3.63) is 35.9 Å². The van der Waals surface area contributed by atoms with Crippen molar-refractivity contribution in [2.24, 2.45) is 0 Å². The molecule has 1 aliphatic rings. The molecule has 7 nitrogen and oxygen atoms in total. The zero-order chi connectivity index (χ0) is 22.3. The van der Waals surface area contributed by atoms with E-state index in [1.54, 1.807) is 11.9 Å². The van der Waals surface area contributed by atoms with E-state index in [0.717, 1.165) is 5.56 Å². The molecule has 0 bridgehead atoms. The van der Waals surface area contributed by atoms with Crippen LogP contribution < -0.4 is 0 Å². The summed E-state index contributed by atoms with van der Waals surface area (Å²) in [7, 11) is 1.67. The molecule has 7 heteroatoms. The van der Waals surface area contributed by atoms with Crippen molar-refractivity contribution in [1.29, 1.82) is 0 Å². The quantitative estimate of drug-likeness (QED) is 0.747. The molecule has 0 spiro atoms. The normalized spacial score (nSPS) is 20.2. The van der Waals surface area contributed by atoms with E-state index < -0.39 is 11.7 Å². The molecule has 1 N–H and O–H groups in total. The van der Waals surface area contributed by atoms with Crippen molar-refractivity contribution >= 4 is 12.2 Å². The summed E-state index contributed by atoms with van der Waals surface area (Å²) in [6.45, 7) is 7.96. The monoisotopic (exact) mass is 420 g/mol. The lowest BCUT2D eigenvalue weighted by Gasteiger charge is -2.41. The number of aliphatic hydroxyl groups excluding tert-OH is 1. The van der Waals surface area contributed by atoms with Gasteiger partial charge in [0.05, 0.1) is 12.1 Å². The molecule has 0 radical (unpaired) electrons. The van der Waals surface area contributed by atoms with E-state index in [2.05, 4.69) is 0 Å². The second-order valence-corrected chi connectivity index (χ2v) is 9.12. The van der Waals surface area contributed by atoms with E-state index >= 15 is 0 Å². The highest BCUT2D eigenvalue weighted by Crippen LogP contribution is 2.27. The third-order valence-corrected chi connectivity index (χ3v) is 5.19. The van der Waals surface area contributed by atoms with Crippen LogP contribution in [-0.4, -0.2) is 64.5 Å². The number of likely N-dealkylation sites (N-methyl/N-ethyl adjacent to an activating group) is 1. The first-order valence-corrected chi connectivity index (χ1v) is 10.7. The Kier molecular flexibility index (Phi) is 8.53. The Morgan fingerprint density at radius 1 is 1.10 bits per heavy atom. The topological polar surface area (TPSA) is 79.3 Å². The Hall–Kier alpha value is -2.28. The molecule has 1 fully saturated rings. The van der Waals surface area contributed by atoms with Gasteiger partial charge in [0.2, 0.25) is 0 Å². The fourth-order valence-electron chi connectivity index (χ4n) is 3.73. The molecule has 30 heavy (non-hydrogen) atoms. The van der Waals surface area contributed by atoms with Crippen molar-refractivity contribution in [3.63, 3.8) is 0 Å². The van der Waals surface area contributed by atoms with Crippen molar-refractivity contribution < 1.29 is 24.2 Å². The van der Waals surface area contributed by atoms with Gasteiger partial charge in [-0.05, 0) is 58.9 Å². The van der Waals surface area contributed by atoms with Crippen LogP contribution in [0.4, 0.5) is 9.59 Å². The minimum Gasteiger partial charge on any atom is -0.445 e. The van der Waals surface area contributed by atoms with E-state index in [1.807, 2.05) is 58.0 Å². The molecule has 1 aromatic carbocycles. The predicted octanol–water partition coefficient (Wildman–Crippen LogP) is 4.18. The van der Waals surface area contributed by atoms with Gasteiger partial charge in [0, 0.05) is 19.6 Å². The fourth-order valence-corrected chi connectivity index (χ4v) is 3.73. The van der Waals surface area contributed by atoms with Crippen LogP contribution in [0.15, 0.2) is 30.3 Å². The summed E-state index contributed by atoms with van der Waals surface area (Å²) in [5.74, 6) is 0. The lowest BCUT2D eigenvalue weighted by atomic mass is 9.91. The molecule has 1 saturated carbocycles.